The largest absolute Gasteiger partial charge is 0.490 e. The van der Waals surface area contributed by atoms with E-state index in [1.54, 1.807) is 11.3 Å². The molecule has 0 saturated carbocycles. The van der Waals surface area contributed by atoms with E-state index in [0.29, 0.717) is 13.2 Å². The van der Waals surface area contributed by atoms with Crippen molar-refractivity contribution >= 4 is 11.3 Å². The molecule has 0 aliphatic carbocycles. The van der Waals surface area contributed by atoms with E-state index >= 15 is 0 Å². The van der Waals surface area contributed by atoms with Gasteiger partial charge in [0.25, 0.3) is 0 Å². The van der Waals surface area contributed by atoms with Crippen LogP contribution in [0.25, 0.3) is 0 Å². The number of hydrogen-bond acceptors (Lipinski definition) is 4. The maximum Gasteiger partial charge on any atom is 0.161 e. The standard InChI is InChI=1S/C16H21NO2S/c1-3-18-16-10-13(9-12(2)17)6-7-15(16)19-11-14-5-4-8-20-14/h4-8,10,12H,3,9,11,17H2,1-2H3. The van der Waals surface area contributed by atoms with Crippen molar-refractivity contribution < 1.29 is 9.47 Å². The Kier molecular flexibility index (Phi) is 5.44. The predicted molar refractivity (Wildman–Crippen MR) is 83.6 cm³/mol. The lowest BCUT2D eigenvalue weighted by molar-refractivity contribution is 0.271. The van der Waals surface area contributed by atoms with E-state index in [-0.39, 0.29) is 6.04 Å². The lowest BCUT2D eigenvalue weighted by Crippen LogP contribution is -2.17. The molecule has 0 bridgehead atoms. The fraction of sp³-hybridized carbons (Fsp3) is 0.375. The Balaban J connectivity index is 2.10. The second-order valence-corrected chi connectivity index (χ2v) is 5.80. The molecule has 0 saturated heterocycles. The first-order valence-corrected chi connectivity index (χ1v) is 7.73. The van der Waals surface area contributed by atoms with Gasteiger partial charge in [-0.15, -0.1) is 11.3 Å². The van der Waals surface area contributed by atoms with Gasteiger partial charge >= 0.3 is 0 Å². The molecule has 3 nitrogen and oxygen atoms in total. The summed E-state index contributed by atoms with van der Waals surface area (Å²) >= 11 is 1.69. The van der Waals surface area contributed by atoms with E-state index in [1.165, 1.54) is 10.4 Å². The lowest BCUT2D eigenvalue weighted by Gasteiger charge is -2.14. The van der Waals surface area contributed by atoms with E-state index in [4.69, 9.17) is 15.2 Å². The lowest BCUT2D eigenvalue weighted by atomic mass is 10.1. The molecule has 4 heteroatoms. The fourth-order valence-corrected chi connectivity index (χ4v) is 2.60. The SMILES string of the molecule is CCOc1cc(CC(C)N)ccc1OCc1cccs1. The van der Waals surface area contributed by atoms with Crippen LogP contribution in [0, 0.1) is 0 Å². The van der Waals surface area contributed by atoms with Crippen LogP contribution in [0.5, 0.6) is 11.5 Å². The zero-order chi connectivity index (χ0) is 14.4. The Bertz CT molecular complexity index is 523. The van der Waals surface area contributed by atoms with Gasteiger partial charge in [-0.3, -0.25) is 0 Å². The first-order valence-electron chi connectivity index (χ1n) is 6.85. The molecule has 1 aromatic carbocycles. The van der Waals surface area contributed by atoms with Crippen molar-refractivity contribution in [1.29, 1.82) is 0 Å². The third kappa shape index (κ3) is 4.25. The monoisotopic (exact) mass is 291 g/mol. The summed E-state index contributed by atoms with van der Waals surface area (Å²) in [4.78, 5) is 1.20. The third-order valence-corrected chi connectivity index (χ3v) is 3.67. The minimum Gasteiger partial charge on any atom is -0.490 e. The Labute approximate surface area is 124 Å². The number of hydrogen-bond donors (Lipinski definition) is 1. The summed E-state index contributed by atoms with van der Waals surface area (Å²) in [6.07, 6.45) is 0.839. The van der Waals surface area contributed by atoms with Crippen molar-refractivity contribution in [2.24, 2.45) is 5.73 Å². The van der Waals surface area contributed by atoms with Gasteiger partial charge in [-0.1, -0.05) is 12.1 Å². The predicted octanol–water partition coefficient (Wildman–Crippen LogP) is 3.62. The molecule has 0 aliphatic rings. The van der Waals surface area contributed by atoms with Crippen LogP contribution in [0.4, 0.5) is 0 Å². The van der Waals surface area contributed by atoms with Gasteiger partial charge in [-0.2, -0.15) is 0 Å². The average Bonchev–Trinajstić information content (AvgIpc) is 2.90. The van der Waals surface area contributed by atoms with Gasteiger partial charge < -0.3 is 15.2 Å². The van der Waals surface area contributed by atoms with E-state index in [0.717, 1.165) is 17.9 Å². The minimum absolute atomic E-state index is 0.141. The smallest absolute Gasteiger partial charge is 0.161 e. The zero-order valence-corrected chi connectivity index (χ0v) is 12.8. The van der Waals surface area contributed by atoms with Gasteiger partial charge in [0, 0.05) is 10.9 Å². The summed E-state index contributed by atoms with van der Waals surface area (Å²) in [5, 5.41) is 2.05. The molecule has 2 N–H and O–H groups in total. The van der Waals surface area contributed by atoms with Crippen molar-refractivity contribution in [2.75, 3.05) is 6.61 Å². The van der Waals surface area contributed by atoms with Crippen molar-refractivity contribution in [1.82, 2.24) is 0 Å². The Morgan fingerprint density at radius 3 is 2.70 bits per heavy atom. The average molecular weight is 291 g/mol. The second-order valence-electron chi connectivity index (χ2n) is 4.76. The first-order chi connectivity index (χ1) is 9.69. The van der Waals surface area contributed by atoms with Crippen LogP contribution in [-0.2, 0) is 13.0 Å². The molecular formula is C16H21NO2S. The van der Waals surface area contributed by atoms with E-state index in [2.05, 4.69) is 12.1 Å². The Morgan fingerprint density at radius 1 is 1.20 bits per heavy atom. The van der Waals surface area contributed by atoms with Gasteiger partial charge in [0.1, 0.15) is 6.61 Å². The van der Waals surface area contributed by atoms with Crippen LogP contribution in [0.15, 0.2) is 35.7 Å². The summed E-state index contributed by atoms with van der Waals surface area (Å²) in [6.45, 7) is 5.17. The molecule has 2 aromatic rings. The molecular weight excluding hydrogens is 270 g/mol. The molecule has 0 radical (unpaired) electrons. The van der Waals surface area contributed by atoms with Crippen molar-refractivity contribution in [3.8, 4) is 11.5 Å². The maximum absolute atomic E-state index is 5.85. The zero-order valence-electron chi connectivity index (χ0n) is 12.0. The molecule has 20 heavy (non-hydrogen) atoms. The van der Waals surface area contributed by atoms with Crippen LogP contribution >= 0.6 is 11.3 Å². The molecule has 1 atom stereocenters. The molecule has 0 fully saturated rings. The highest BCUT2D eigenvalue weighted by Crippen LogP contribution is 2.30. The fourth-order valence-electron chi connectivity index (χ4n) is 1.98. The molecule has 1 aromatic heterocycles. The third-order valence-electron chi connectivity index (χ3n) is 2.82. The van der Waals surface area contributed by atoms with Crippen LogP contribution in [0.1, 0.15) is 24.3 Å². The van der Waals surface area contributed by atoms with E-state index in [9.17, 15) is 0 Å². The molecule has 2 rings (SSSR count). The summed E-state index contributed by atoms with van der Waals surface area (Å²) < 4.78 is 11.5. The van der Waals surface area contributed by atoms with Gasteiger partial charge in [0.05, 0.1) is 6.61 Å². The highest BCUT2D eigenvalue weighted by Gasteiger charge is 2.08. The quantitative estimate of drug-likeness (QED) is 0.847. The van der Waals surface area contributed by atoms with Crippen LogP contribution < -0.4 is 15.2 Å². The summed E-state index contributed by atoms with van der Waals surface area (Å²) in [5.74, 6) is 1.58. The van der Waals surface area contributed by atoms with Crippen LogP contribution in [-0.4, -0.2) is 12.6 Å². The molecule has 1 unspecified atom stereocenters. The summed E-state index contributed by atoms with van der Waals surface area (Å²) in [6, 6.07) is 10.3. The highest BCUT2D eigenvalue weighted by atomic mass is 32.1. The number of thiophene rings is 1. The Morgan fingerprint density at radius 2 is 2.05 bits per heavy atom. The number of rotatable bonds is 7. The molecule has 0 aliphatic heterocycles. The van der Waals surface area contributed by atoms with Gasteiger partial charge in [-0.25, -0.2) is 0 Å². The van der Waals surface area contributed by atoms with Gasteiger partial charge in [0.15, 0.2) is 11.5 Å². The van der Waals surface area contributed by atoms with Gasteiger partial charge in [0.2, 0.25) is 0 Å². The Hall–Kier alpha value is -1.52. The van der Waals surface area contributed by atoms with Gasteiger partial charge in [-0.05, 0) is 49.4 Å². The van der Waals surface area contributed by atoms with Crippen LogP contribution in [0.2, 0.25) is 0 Å². The molecule has 0 spiro atoms. The van der Waals surface area contributed by atoms with Crippen LogP contribution in [0.3, 0.4) is 0 Å². The maximum atomic E-state index is 5.85. The normalized spacial score (nSPS) is 12.2. The topological polar surface area (TPSA) is 44.5 Å². The second kappa shape index (κ2) is 7.31. The summed E-state index contributed by atoms with van der Waals surface area (Å²) in [5.41, 5.74) is 7.01. The van der Waals surface area contributed by atoms with E-state index < -0.39 is 0 Å². The van der Waals surface area contributed by atoms with Crippen molar-refractivity contribution in [3.63, 3.8) is 0 Å². The molecule has 0 amide bonds. The number of ether oxygens (including phenoxy) is 2. The number of nitrogens with two attached hydrogens (primary N) is 1. The van der Waals surface area contributed by atoms with Crippen molar-refractivity contribution in [2.45, 2.75) is 32.9 Å². The van der Waals surface area contributed by atoms with Crippen molar-refractivity contribution in [3.05, 3.63) is 46.2 Å². The van der Waals surface area contributed by atoms with E-state index in [1.807, 2.05) is 37.4 Å². The molecule has 108 valence electrons. The summed E-state index contributed by atoms with van der Waals surface area (Å²) in [7, 11) is 0. The molecule has 1 heterocycles. The minimum atomic E-state index is 0.141. The highest BCUT2D eigenvalue weighted by molar-refractivity contribution is 7.09. The first kappa shape index (κ1) is 14.9. The number of benzene rings is 1.